The molecule has 2 heterocycles. The molecule has 168 valence electrons. The first-order valence-corrected chi connectivity index (χ1v) is 10.1. The van der Waals surface area contributed by atoms with E-state index in [-0.39, 0.29) is 24.6 Å². The number of amides is 1. The van der Waals surface area contributed by atoms with Crippen molar-refractivity contribution in [3.63, 3.8) is 0 Å². The summed E-state index contributed by atoms with van der Waals surface area (Å²) < 4.78 is 41.9. The number of halogens is 3. The second-order valence-electron chi connectivity index (χ2n) is 7.32. The van der Waals surface area contributed by atoms with Gasteiger partial charge in [0.05, 0.1) is 5.69 Å². The minimum atomic E-state index is -4.30. The van der Waals surface area contributed by atoms with Gasteiger partial charge in [0.15, 0.2) is 0 Å². The van der Waals surface area contributed by atoms with Gasteiger partial charge in [0.2, 0.25) is 5.91 Å². The van der Waals surface area contributed by atoms with Crippen LogP contribution in [0.5, 0.6) is 0 Å². The number of hydrogen-bond donors (Lipinski definition) is 0. The summed E-state index contributed by atoms with van der Waals surface area (Å²) in [6, 6.07) is 12.4. The van der Waals surface area contributed by atoms with Gasteiger partial charge in [0.1, 0.15) is 13.2 Å². The zero-order valence-electron chi connectivity index (χ0n) is 17.1. The molecule has 2 aromatic rings. The van der Waals surface area contributed by atoms with Gasteiger partial charge in [-0.15, -0.1) is 0 Å². The molecule has 1 saturated heterocycles. The Hall–Kier alpha value is -2.72. The van der Waals surface area contributed by atoms with Crippen molar-refractivity contribution in [2.45, 2.75) is 19.1 Å². The number of benzene rings is 1. The highest BCUT2D eigenvalue weighted by atomic mass is 19.4. The second-order valence-corrected chi connectivity index (χ2v) is 7.32. The Morgan fingerprint density at radius 1 is 1.03 bits per heavy atom. The molecule has 31 heavy (non-hydrogen) atoms. The van der Waals surface area contributed by atoms with Crippen LogP contribution in [-0.2, 0) is 16.1 Å². The summed E-state index contributed by atoms with van der Waals surface area (Å²) in [6.45, 7) is 1.53. The quantitative estimate of drug-likeness (QED) is 0.590. The molecule has 1 aliphatic heterocycles. The maximum Gasteiger partial charge on any atom is 0.411 e. The molecule has 1 aliphatic rings. The van der Waals surface area contributed by atoms with Gasteiger partial charge >= 0.3 is 6.18 Å². The number of carbonyl (C=O) groups is 1. The third-order valence-electron chi connectivity index (χ3n) is 4.97. The molecule has 1 aromatic carbocycles. The molecule has 0 bridgehead atoms. The number of piperazine rings is 1. The maximum absolute atomic E-state index is 12.6. The van der Waals surface area contributed by atoms with Crippen molar-refractivity contribution in [3.05, 3.63) is 52.8 Å². The van der Waals surface area contributed by atoms with Crippen LogP contribution in [-0.4, -0.2) is 77.6 Å². The molecule has 0 unspecified atom stereocenters. The summed E-state index contributed by atoms with van der Waals surface area (Å²) in [5, 5.41) is 4.32. The van der Waals surface area contributed by atoms with Crippen LogP contribution in [0.2, 0.25) is 0 Å². The summed E-state index contributed by atoms with van der Waals surface area (Å²) in [5.41, 5.74) is 1.13. The number of aromatic nitrogens is 2. The average Bonchev–Trinajstić information content (AvgIpc) is 2.75. The molecule has 0 N–H and O–H groups in total. The molecule has 1 aromatic heterocycles. The third kappa shape index (κ3) is 7.18. The van der Waals surface area contributed by atoms with Gasteiger partial charge in [-0.3, -0.25) is 14.5 Å². The SMILES string of the molecule is O=C(Cn1nc(-c2ccccc2)ccc1=O)N1CCN(CCCOCC(F)(F)F)CC1. The Kier molecular flexibility index (Phi) is 7.80. The van der Waals surface area contributed by atoms with Crippen molar-refractivity contribution >= 4 is 5.91 Å². The normalized spacial score (nSPS) is 15.3. The van der Waals surface area contributed by atoms with Gasteiger partial charge in [-0.05, 0) is 12.5 Å². The molecular weight excluding hydrogens is 413 g/mol. The van der Waals surface area contributed by atoms with Crippen molar-refractivity contribution in [2.75, 3.05) is 45.9 Å². The smallest absolute Gasteiger partial charge is 0.372 e. The topological polar surface area (TPSA) is 67.7 Å². The van der Waals surface area contributed by atoms with Gasteiger partial charge in [0, 0.05) is 51.0 Å². The Bertz CT molecular complexity index is 910. The van der Waals surface area contributed by atoms with Crippen molar-refractivity contribution < 1.29 is 22.7 Å². The fourth-order valence-electron chi connectivity index (χ4n) is 3.35. The highest BCUT2D eigenvalue weighted by Crippen LogP contribution is 2.15. The Labute approximate surface area is 178 Å². The van der Waals surface area contributed by atoms with Crippen LogP contribution in [0, 0.1) is 0 Å². The van der Waals surface area contributed by atoms with Crippen molar-refractivity contribution in [2.24, 2.45) is 0 Å². The van der Waals surface area contributed by atoms with E-state index in [1.165, 1.54) is 10.7 Å². The van der Waals surface area contributed by atoms with Crippen LogP contribution in [0.1, 0.15) is 6.42 Å². The predicted molar refractivity (Wildman–Crippen MR) is 108 cm³/mol. The number of rotatable bonds is 8. The van der Waals surface area contributed by atoms with Gasteiger partial charge in [-0.2, -0.15) is 18.3 Å². The molecule has 10 heteroatoms. The lowest BCUT2D eigenvalue weighted by Crippen LogP contribution is -2.50. The van der Waals surface area contributed by atoms with E-state index in [9.17, 15) is 22.8 Å². The molecular formula is C21H25F3N4O3. The largest absolute Gasteiger partial charge is 0.411 e. The first-order chi connectivity index (χ1) is 14.8. The van der Waals surface area contributed by atoms with Crippen LogP contribution < -0.4 is 5.56 Å². The van der Waals surface area contributed by atoms with Gasteiger partial charge in [-0.25, -0.2) is 4.68 Å². The minimum absolute atomic E-state index is 0.0466. The number of alkyl halides is 3. The fourth-order valence-corrected chi connectivity index (χ4v) is 3.35. The Morgan fingerprint density at radius 2 is 1.74 bits per heavy atom. The third-order valence-corrected chi connectivity index (χ3v) is 4.97. The number of nitrogens with zero attached hydrogens (tertiary/aromatic N) is 4. The highest BCUT2D eigenvalue weighted by molar-refractivity contribution is 5.76. The van der Waals surface area contributed by atoms with Gasteiger partial charge in [0.25, 0.3) is 5.56 Å². The number of hydrogen-bond acceptors (Lipinski definition) is 5. The fraction of sp³-hybridized carbons (Fsp3) is 0.476. The molecule has 3 rings (SSSR count). The van der Waals surface area contributed by atoms with Crippen molar-refractivity contribution in [1.82, 2.24) is 19.6 Å². The molecule has 0 saturated carbocycles. The molecule has 0 radical (unpaired) electrons. The van der Waals surface area contributed by atoms with E-state index in [0.29, 0.717) is 44.8 Å². The zero-order valence-corrected chi connectivity index (χ0v) is 17.1. The first kappa shape index (κ1) is 23.0. The maximum atomic E-state index is 12.6. The van der Waals surface area contributed by atoms with Crippen LogP contribution in [0.15, 0.2) is 47.3 Å². The van der Waals surface area contributed by atoms with Gasteiger partial charge < -0.3 is 9.64 Å². The van der Waals surface area contributed by atoms with E-state index in [1.807, 2.05) is 30.3 Å². The standard InChI is InChI=1S/C21H25F3N4O3/c22-21(23,24)16-31-14-4-9-26-10-12-27(13-11-26)20(30)15-28-19(29)8-7-18(25-28)17-5-2-1-3-6-17/h1-3,5-8H,4,9-16H2. The van der Waals surface area contributed by atoms with E-state index >= 15 is 0 Å². The lowest BCUT2D eigenvalue weighted by Gasteiger charge is -2.34. The molecule has 7 nitrogen and oxygen atoms in total. The van der Waals surface area contributed by atoms with Crippen LogP contribution in [0.3, 0.4) is 0 Å². The number of ether oxygens (including phenoxy) is 1. The molecule has 0 spiro atoms. The number of carbonyl (C=O) groups excluding carboxylic acids is 1. The van der Waals surface area contributed by atoms with Gasteiger partial charge in [-0.1, -0.05) is 30.3 Å². The summed E-state index contributed by atoms with van der Waals surface area (Å²) in [7, 11) is 0. The van der Waals surface area contributed by atoms with Crippen molar-refractivity contribution in [1.29, 1.82) is 0 Å². The first-order valence-electron chi connectivity index (χ1n) is 10.1. The van der Waals surface area contributed by atoms with E-state index < -0.39 is 12.8 Å². The lowest BCUT2D eigenvalue weighted by molar-refractivity contribution is -0.174. The van der Waals surface area contributed by atoms with E-state index in [1.54, 1.807) is 11.0 Å². The summed E-state index contributed by atoms with van der Waals surface area (Å²) in [6.07, 6.45) is -3.81. The van der Waals surface area contributed by atoms with Crippen LogP contribution in [0.25, 0.3) is 11.3 Å². The zero-order chi connectivity index (χ0) is 22.3. The Balaban J connectivity index is 1.46. The lowest BCUT2D eigenvalue weighted by atomic mass is 10.1. The van der Waals surface area contributed by atoms with E-state index in [0.717, 1.165) is 5.56 Å². The minimum Gasteiger partial charge on any atom is -0.372 e. The van der Waals surface area contributed by atoms with E-state index in [4.69, 9.17) is 0 Å². The molecule has 1 fully saturated rings. The van der Waals surface area contributed by atoms with Crippen LogP contribution in [0.4, 0.5) is 13.2 Å². The summed E-state index contributed by atoms with van der Waals surface area (Å²) in [4.78, 5) is 28.6. The monoisotopic (exact) mass is 438 g/mol. The predicted octanol–water partition coefficient (Wildman–Crippen LogP) is 2.02. The molecule has 1 amide bonds. The highest BCUT2D eigenvalue weighted by Gasteiger charge is 2.27. The Morgan fingerprint density at radius 3 is 2.42 bits per heavy atom. The second kappa shape index (κ2) is 10.5. The van der Waals surface area contributed by atoms with Crippen LogP contribution >= 0.6 is 0 Å². The summed E-state index contributed by atoms with van der Waals surface area (Å²) >= 11 is 0. The summed E-state index contributed by atoms with van der Waals surface area (Å²) in [5.74, 6) is -0.187. The van der Waals surface area contributed by atoms with E-state index in [2.05, 4.69) is 14.7 Å². The average molecular weight is 438 g/mol. The molecule has 0 atom stereocenters. The van der Waals surface area contributed by atoms with Crippen molar-refractivity contribution in [3.8, 4) is 11.3 Å². The molecule has 0 aliphatic carbocycles.